The third-order valence-corrected chi connectivity index (χ3v) is 2.39. The highest BCUT2D eigenvalue weighted by Gasteiger charge is 2.13. The summed E-state index contributed by atoms with van der Waals surface area (Å²) in [5, 5.41) is 40.1. The molecule has 0 saturated carbocycles. The van der Waals surface area contributed by atoms with Crippen molar-refractivity contribution < 1.29 is 20.4 Å². The van der Waals surface area contributed by atoms with Crippen molar-refractivity contribution in [3.05, 3.63) is 0 Å². The van der Waals surface area contributed by atoms with Crippen LogP contribution < -0.4 is 16.8 Å². The van der Waals surface area contributed by atoms with Crippen LogP contribution >= 0.6 is 0 Å². The Morgan fingerprint density at radius 3 is 1.35 bits per heavy atom. The predicted molar refractivity (Wildman–Crippen MR) is 64.2 cm³/mol. The molecule has 7 nitrogen and oxygen atoms in total. The standard InChI is InChI=1S/C10H25N3O4/c11-3-7(14)1-9(16)5-13-6-10(17)2-8(15)4-12/h7-10,13-17H,1-6,11-12H2/t7-,8-,9+,10+/m0/s1. The molecule has 9 N–H and O–H groups in total. The van der Waals surface area contributed by atoms with Gasteiger partial charge in [0.2, 0.25) is 0 Å². The van der Waals surface area contributed by atoms with Crippen LogP contribution in [0.5, 0.6) is 0 Å². The van der Waals surface area contributed by atoms with E-state index in [1.807, 2.05) is 0 Å². The minimum Gasteiger partial charge on any atom is -0.392 e. The third kappa shape index (κ3) is 9.42. The van der Waals surface area contributed by atoms with Gasteiger partial charge >= 0.3 is 0 Å². The summed E-state index contributed by atoms with van der Waals surface area (Å²) in [4.78, 5) is 0. The quantitative estimate of drug-likeness (QED) is 0.215. The molecule has 0 fully saturated rings. The maximum Gasteiger partial charge on any atom is 0.0689 e. The van der Waals surface area contributed by atoms with Gasteiger partial charge in [-0.3, -0.25) is 0 Å². The molecule has 0 aliphatic rings. The smallest absolute Gasteiger partial charge is 0.0689 e. The summed E-state index contributed by atoms with van der Waals surface area (Å²) < 4.78 is 0. The van der Waals surface area contributed by atoms with Crippen molar-refractivity contribution in [2.24, 2.45) is 11.5 Å². The number of nitrogens with one attached hydrogen (secondary N) is 1. The van der Waals surface area contributed by atoms with E-state index in [2.05, 4.69) is 5.32 Å². The highest BCUT2D eigenvalue weighted by Crippen LogP contribution is 1.98. The second kappa shape index (κ2) is 9.72. The lowest BCUT2D eigenvalue weighted by Crippen LogP contribution is -2.37. The van der Waals surface area contributed by atoms with Crippen LogP contribution in [-0.2, 0) is 0 Å². The second-order valence-electron chi connectivity index (χ2n) is 4.22. The fourth-order valence-corrected chi connectivity index (χ4v) is 1.40. The summed E-state index contributed by atoms with van der Waals surface area (Å²) in [5.41, 5.74) is 10.4. The van der Waals surface area contributed by atoms with Crippen molar-refractivity contribution in [3.63, 3.8) is 0 Å². The van der Waals surface area contributed by atoms with Gasteiger partial charge < -0.3 is 37.2 Å². The van der Waals surface area contributed by atoms with Crippen molar-refractivity contribution in [2.75, 3.05) is 26.2 Å². The van der Waals surface area contributed by atoms with E-state index in [1.54, 1.807) is 0 Å². The summed E-state index contributed by atoms with van der Waals surface area (Å²) in [6, 6.07) is 0. The molecule has 0 aliphatic heterocycles. The average Bonchev–Trinajstić information content (AvgIpc) is 2.28. The highest BCUT2D eigenvalue weighted by molar-refractivity contribution is 4.70. The molecule has 0 aromatic carbocycles. The normalized spacial score (nSPS) is 18.7. The van der Waals surface area contributed by atoms with Gasteiger partial charge in [-0.05, 0) is 0 Å². The van der Waals surface area contributed by atoms with Gasteiger partial charge in [-0.2, -0.15) is 0 Å². The van der Waals surface area contributed by atoms with Crippen molar-refractivity contribution in [1.82, 2.24) is 5.32 Å². The molecule has 0 amide bonds. The number of aliphatic hydroxyl groups excluding tert-OH is 4. The Labute approximate surface area is 101 Å². The van der Waals surface area contributed by atoms with E-state index in [0.29, 0.717) is 0 Å². The minimum atomic E-state index is -0.712. The van der Waals surface area contributed by atoms with Gasteiger partial charge in [0.05, 0.1) is 24.4 Å². The van der Waals surface area contributed by atoms with Crippen LogP contribution in [0.25, 0.3) is 0 Å². The first-order valence-corrected chi connectivity index (χ1v) is 5.82. The Hall–Kier alpha value is -0.280. The zero-order chi connectivity index (χ0) is 13.3. The van der Waals surface area contributed by atoms with Crippen LogP contribution in [0.3, 0.4) is 0 Å². The minimum absolute atomic E-state index is 0.113. The number of aliphatic hydroxyl groups is 4. The van der Waals surface area contributed by atoms with Crippen LogP contribution in [0.4, 0.5) is 0 Å². The first-order valence-electron chi connectivity index (χ1n) is 5.82. The largest absolute Gasteiger partial charge is 0.392 e. The first-order chi connectivity index (χ1) is 7.99. The van der Waals surface area contributed by atoms with E-state index in [-0.39, 0.29) is 39.0 Å². The lowest BCUT2D eigenvalue weighted by Gasteiger charge is -2.18. The zero-order valence-electron chi connectivity index (χ0n) is 10.00. The van der Waals surface area contributed by atoms with Crippen LogP contribution in [0.15, 0.2) is 0 Å². The Morgan fingerprint density at radius 2 is 1.06 bits per heavy atom. The number of nitrogens with two attached hydrogens (primary N) is 2. The highest BCUT2D eigenvalue weighted by atomic mass is 16.3. The summed E-state index contributed by atoms with van der Waals surface area (Å²) in [5.74, 6) is 0. The molecule has 17 heavy (non-hydrogen) atoms. The molecule has 4 atom stereocenters. The fourth-order valence-electron chi connectivity index (χ4n) is 1.40. The van der Waals surface area contributed by atoms with Crippen molar-refractivity contribution in [2.45, 2.75) is 37.3 Å². The van der Waals surface area contributed by atoms with E-state index in [0.717, 1.165) is 0 Å². The summed E-state index contributed by atoms with van der Waals surface area (Å²) in [6.45, 7) is 0.741. The van der Waals surface area contributed by atoms with E-state index < -0.39 is 24.4 Å². The van der Waals surface area contributed by atoms with Gasteiger partial charge in [-0.15, -0.1) is 0 Å². The molecule has 0 bridgehead atoms. The molecule has 0 aromatic rings. The molecule has 0 saturated heterocycles. The van der Waals surface area contributed by atoms with E-state index >= 15 is 0 Å². The van der Waals surface area contributed by atoms with Gasteiger partial charge in [0, 0.05) is 39.0 Å². The molecular formula is C10H25N3O4. The Bertz CT molecular complexity index is 167. The fraction of sp³-hybridized carbons (Fsp3) is 1.00. The van der Waals surface area contributed by atoms with Gasteiger partial charge in [-0.1, -0.05) is 0 Å². The first kappa shape index (κ1) is 16.7. The topological polar surface area (TPSA) is 145 Å². The van der Waals surface area contributed by atoms with Crippen LogP contribution in [0.1, 0.15) is 12.8 Å². The summed E-state index contributed by atoms with van der Waals surface area (Å²) in [7, 11) is 0. The Balaban J connectivity index is 3.55. The maximum absolute atomic E-state index is 9.46. The maximum atomic E-state index is 9.46. The van der Waals surface area contributed by atoms with E-state index in [4.69, 9.17) is 11.5 Å². The molecule has 0 radical (unpaired) electrons. The monoisotopic (exact) mass is 251 g/mol. The lowest BCUT2D eigenvalue weighted by atomic mass is 10.1. The van der Waals surface area contributed by atoms with E-state index in [1.165, 1.54) is 0 Å². The predicted octanol–water partition coefficient (Wildman–Crippen LogP) is -3.28. The molecule has 0 spiro atoms. The van der Waals surface area contributed by atoms with Crippen molar-refractivity contribution in [3.8, 4) is 0 Å². The molecule has 7 heteroatoms. The molecule has 0 rings (SSSR count). The molecule has 0 aliphatic carbocycles. The molecule has 0 heterocycles. The second-order valence-corrected chi connectivity index (χ2v) is 4.22. The zero-order valence-corrected chi connectivity index (χ0v) is 10.00. The molecule has 0 unspecified atom stereocenters. The number of hydrogen-bond donors (Lipinski definition) is 7. The van der Waals surface area contributed by atoms with Crippen LogP contribution in [0, 0.1) is 0 Å². The SMILES string of the molecule is NC[C@@H](O)C[C@@H](O)CNC[C@H](O)C[C@H](O)CN. The van der Waals surface area contributed by atoms with Crippen LogP contribution in [0.2, 0.25) is 0 Å². The summed E-state index contributed by atoms with van der Waals surface area (Å²) >= 11 is 0. The van der Waals surface area contributed by atoms with Crippen molar-refractivity contribution >= 4 is 0 Å². The number of hydrogen-bond acceptors (Lipinski definition) is 7. The average molecular weight is 251 g/mol. The Kier molecular flexibility index (Phi) is 9.56. The van der Waals surface area contributed by atoms with Crippen molar-refractivity contribution in [1.29, 1.82) is 0 Å². The van der Waals surface area contributed by atoms with Gasteiger partial charge in [-0.25, -0.2) is 0 Å². The van der Waals surface area contributed by atoms with Gasteiger partial charge in [0.25, 0.3) is 0 Å². The van der Waals surface area contributed by atoms with E-state index in [9.17, 15) is 20.4 Å². The summed E-state index contributed by atoms with van der Waals surface area (Å²) in [6.07, 6.45) is -2.44. The Morgan fingerprint density at radius 1 is 0.706 bits per heavy atom. The number of rotatable bonds is 10. The third-order valence-electron chi connectivity index (χ3n) is 2.39. The van der Waals surface area contributed by atoms with Gasteiger partial charge in [0.15, 0.2) is 0 Å². The van der Waals surface area contributed by atoms with Gasteiger partial charge in [0.1, 0.15) is 0 Å². The molecular weight excluding hydrogens is 226 g/mol. The lowest BCUT2D eigenvalue weighted by molar-refractivity contribution is 0.0701. The van der Waals surface area contributed by atoms with Crippen LogP contribution in [-0.4, -0.2) is 71.0 Å². The molecule has 0 aromatic heterocycles. The molecule has 104 valence electrons.